The van der Waals surface area contributed by atoms with Gasteiger partial charge in [0.05, 0.1) is 14.6 Å². The topological polar surface area (TPSA) is 98.9 Å². The molecular formula is C18H10Br2N4O2S. The van der Waals surface area contributed by atoms with E-state index in [0.29, 0.717) is 31.0 Å². The number of hydrogen-bond acceptors (Lipinski definition) is 6. The minimum Gasteiger partial charge on any atom is -0.506 e. The number of halogens is 2. The Morgan fingerprint density at radius 1 is 1.26 bits per heavy atom. The zero-order chi connectivity index (χ0) is 19.4. The third-order valence-electron chi connectivity index (χ3n) is 3.37. The molecule has 1 amide bonds. The fourth-order valence-electron chi connectivity index (χ4n) is 2.11. The molecule has 3 rings (SSSR count). The highest BCUT2D eigenvalue weighted by Crippen LogP contribution is 2.34. The van der Waals surface area contributed by atoms with E-state index in [1.165, 1.54) is 17.4 Å². The van der Waals surface area contributed by atoms with E-state index < -0.39 is 5.91 Å². The van der Waals surface area contributed by atoms with E-state index in [2.05, 4.69) is 47.1 Å². The standard InChI is InChI=1S/C18H10Br2N4O2S/c19-12-6-10(7-13(20)16(12)25)5-11(8-21)17(26)24-18-23-15(9-27-18)14-3-1-2-4-22-14/h1-7,9,25H,(H,23,24,26)/b11-5+. The van der Waals surface area contributed by atoms with Crippen LogP contribution in [0.2, 0.25) is 0 Å². The maximum atomic E-state index is 12.4. The molecule has 134 valence electrons. The van der Waals surface area contributed by atoms with Crippen LogP contribution in [0.3, 0.4) is 0 Å². The number of hydrogen-bond donors (Lipinski definition) is 2. The highest BCUT2D eigenvalue weighted by Gasteiger charge is 2.14. The second-order valence-corrected chi connectivity index (χ2v) is 7.78. The average Bonchev–Trinajstić information content (AvgIpc) is 3.13. The molecule has 0 atom stereocenters. The van der Waals surface area contributed by atoms with Gasteiger partial charge in [-0.3, -0.25) is 15.1 Å². The van der Waals surface area contributed by atoms with E-state index in [-0.39, 0.29) is 11.3 Å². The van der Waals surface area contributed by atoms with Gasteiger partial charge in [0.15, 0.2) is 5.13 Å². The maximum Gasteiger partial charge on any atom is 0.268 e. The summed E-state index contributed by atoms with van der Waals surface area (Å²) in [6.45, 7) is 0. The first-order chi connectivity index (χ1) is 13.0. The Morgan fingerprint density at radius 3 is 2.63 bits per heavy atom. The number of nitrogens with one attached hydrogen (secondary N) is 1. The normalized spacial score (nSPS) is 11.1. The van der Waals surface area contributed by atoms with Crippen molar-refractivity contribution in [1.29, 1.82) is 5.26 Å². The number of phenolic OH excluding ortho intramolecular Hbond substituents is 1. The van der Waals surface area contributed by atoms with Crippen molar-refractivity contribution < 1.29 is 9.90 Å². The molecule has 0 aliphatic carbocycles. The van der Waals surface area contributed by atoms with Crippen LogP contribution in [0, 0.1) is 11.3 Å². The van der Waals surface area contributed by atoms with Gasteiger partial charge in [0, 0.05) is 11.6 Å². The minimum absolute atomic E-state index is 0.0416. The number of amides is 1. The van der Waals surface area contributed by atoms with E-state index in [1.807, 2.05) is 24.3 Å². The Hall–Kier alpha value is -2.54. The second-order valence-electron chi connectivity index (χ2n) is 5.21. The summed E-state index contributed by atoms with van der Waals surface area (Å²) >= 11 is 7.68. The van der Waals surface area contributed by atoms with Gasteiger partial charge in [0.2, 0.25) is 0 Å². The van der Waals surface area contributed by atoms with Crippen LogP contribution in [0.5, 0.6) is 5.75 Å². The van der Waals surface area contributed by atoms with Gasteiger partial charge in [-0.1, -0.05) is 6.07 Å². The van der Waals surface area contributed by atoms with E-state index in [1.54, 1.807) is 23.7 Å². The van der Waals surface area contributed by atoms with Crippen molar-refractivity contribution in [2.75, 3.05) is 5.32 Å². The number of pyridine rings is 1. The first-order valence-corrected chi connectivity index (χ1v) is 9.92. The van der Waals surface area contributed by atoms with Gasteiger partial charge in [-0.2, -0.15) is 5.26 Å². The number of nitriles is 1. The summed E-state index contributed by atoms with van der Waals surface area (Å²) < 4.78 is 0.890. The van der Waals surface area contributed by atoms with Crippen LogP contribution >= 0.6 is 43.2 Å². The number of aromatic nitrogens is 2. The fraction of sp³-hybridized carbons (Fsp3) is 0. The van der Waals surface area contributed by atoms with Gasteiger partial charge in [-0.15, -0.1) is 11.3 Å². The van der Waals surface area contributed by atoms with Crippen LogP contribution < -0.4 is 5.32 Å². The summed E-state index contributed by atoms with van der Waals surface area (Å²) in [5, 5.41) is 23.9. The lowest BCUT2D eigenvalue weighted by atomic mass is 10.1. The summed E-state index contributed by atoms with van der Waals surface area (Å²) in [7, 11) is 0. The zero-order valence-electron chi connectivity index (χ0n) is 13.5. The molecule has 2 N–H and O–H groups in total. The van der Waals surface area contributed by atoms with Crippen molar-refractivity contribution in [3.8, 4) is 23.2 Å². The molecule has 0 bridgehead atoms. The lowest BCUT2D eigenvalue weighted by Gasteiger charge is -2.04. The molecule has 0 fully saturated rings. The van der Waals surface area contributed by atoms with Crippen molar-refractivity contribution in [3.05, 3.63) is 62.0 Å². The Bertz CT molecular complexity index is 1050. The zero-order valence-corrected chi connectivity index (χ0v) is 17.5. The second kappa shape index (κ2) is 8.43. The SMILES string of the molecule is N#C/C(=C\c1cc(Br)c(O)c(Br)c1)C(=O)Nc1nc(-c2ccccn2)cs1. The summed E-state index contributed by atoms with van der Waals surface area (Å²) in [6.07, 6.45) is 3.09. The molecule has 2 aromatic heterocycles. The summed E-state index contributed by atoms with van der Waals surface area (Å²) in [5.74, 6) is -0.528. The largest absolute Gasteiger partial charge is 0.506 e. The van der Waals surface area contributed by atoms with Crippen molar-refractivity contribution >= 4 is 60.3 Å². The Morgan fingerprint density at radius 2 is 2.00 bits per heavy atom. The first kappa shape index (κ1) is 19.2. The molecule has 3 aromatic rings. The number of nitrogens with zero attached hydrogens (tertiary/aromatic N) is 3. The summed E-state index contributed by atoms with van der Waals surface area (Å²) in [6, 6.07) is 10.6. The van der Waals surface area contributed by atoms with Crippen LogP contribution in [-0.2, 0) is 4.79 Å². The molecule has 0 spiro atoms. The molecule has 1 aromatic carbocycles. The smallest absolute Gasteiger partial charge is 0.268 e. The number of aromatic hydroxyl groups is 1. The van der Waals surface area contributed by atoms with Gasteiger partial charge in [-0.25, -0.2) is 4.98 Å². The van der Waals surface area contributed by atoms with Gasteiger partial charge in [0.1, 0.15) is 23.1 Å². The quantitative estimate of drug-likeness (QED) is 0.384. The van der Waals surface area contributed by atoms with Crippen molar-refractivity contribution in [2.24, 2.45) is 0 Å². The lowest BCUT2D eigenvalue weighted by Crippen LogP contribution is -2.13. The van der Waals surface area contributed by atoms with Crippen LogP contribution in [0.15, 0.2) is 56.4 Å². The molecule has 0 aliphatic rings. The first-order valence-electron chi connectivity index (χ1n) is 7.46. The van der Waals surface area contributed by atoms with Crippen LogP contribution in [0.25, 0.3) is 17.5 Å². The predicted molar refractivity (Wildman–Crippen MR) is 111 cm³/mol. The monoisotopic (exact) mass is 504 g/mol. The number of rotatable bonds is 4. The van der Waals surface area contributed by atoms with Gasteiger partial charge in [0.25, 0.3) is 5.91 Å². The Labute approximate surface area is 175 Å². The van der Waals surface area contributed by atoms with Crippen molar-refractivity contribution in [3.63, 3.8) is 0 Å². The van der Waals surface area contributed by atoms with E-state index in [0.717, 1.165) is 0 Å². The number of anilines is 1. The van der Waals surface area contributed by atoms with Gasteiger partial charge < -0.3 is 5.11 Å². The van der Waals surface area contributed by atoms with E-state index in [9.17, 15) is 15.2 Å². The minimum atomic E-state index is -0.570. The number of phenols is 1. The van der Waals surface area contributed by atoms with Crippen molar-refractivity contribution in [2.45, 2.75) is 0 Å². The Balaban J connectivity index is 1.80. The third kappa shape index (κ3) is 4.60. The van der Waals surface area contributed by atoms with E-state index >= 15 is 0 Å². The number of benzene rings is 1. The molecule has 0 unspecified atom stereocenters. The number of carbonyl (C=O) groups is 1. The highest BCUT2D eigenvalue weighted by atomic mass is 79.9. The molecule has 0 saturated heterocycles. The molecule has 0 aliphatic heterocycles. The van der Waals surface area contributed by atoms with Crippen molar-refractivity contribution in [1.82, 2.24) is 9.97 Å². The lowest BCUT2D eigenvalue weighted by molar-refractivity contribution is -0.112. The number of thiazole rings is 1. The molecule has 0 radical (unpaired) electrons. The number of carbonyl (C=O) groups excluding carboxylic acids is 1. The molecule has 6 nitrogen and oxygen atoms in total. The summed E-state index contributed by atoms with van der Waals surface area (Å²) in [4.78, 5) is 20.9. The average molecular weight is 506 g/mol. The molecule has 9 heteroatoms. The van der Waals surface area contributed by atoms with Gasteiger partial charge >= 0.3 is 0 Å². The molecular weight excluding hydrogens is 496 g/mol. The van der Waals surface area contributed by atoms with Crippen LogP contribution in [0.1, 0.15) is 5.56 Å². The van der Waals surface area contributed by atoms with Gasteiger partial charge in [-0.05, 0) is 67.8 Å². The summed E-state index contributed by atoms with van der Waals surface area (Å²) in [5.41, 5.74) is 1.83. The molecule has 27 heavy (non-hydrogen) atoms. The van der Waals surface area contributed by atoms with Crippen LogP contribution in [0.4, 0.5) is 5.13 Å². The fourth-order valence-corrected chi connectivity index (χ4v) is 4.03. The predicted octanol–water partition coefficient (Wildman–Crippen LogP) is 4.98. The highest BCUT2D eigenvalue weighted by molar-refractivity contribution is 9.11. The maximum absolute atomic E-state index is 12.4. The Kier molecular flexibility index (Phi) is 6.01. The van der Waals surface area contributed by atoms with Crippen LogP contribution in [-0.4, -0.2) is 21.0 Å². The van der Waals surface area contributed by atoms with E-state index in [4.69, 9.17) is 0 Å². The third-order valence-corrected chi connectivity index (χ3v) is 5.33. The molecule has 0 saturated carbocycles. The molecule has 2 heterocycles.